The lowest BCUT2D eigenvalue weighted by atomic mass is 9.94. The van der Waals surface area contributed by atoms with Crippen LogP contribution in [-0.4, -0.2) is 34.3 Å². The first-order valence-corrected chi connectivity index (χ1v) is 12.6. The second-order valence-corrected chi connectivity index (χ2v) is 9.19. The minimum atomic E-state index is -0.994. The average molecular weight is 525 g/mol. The maximum absolute atomic E-state index is 13.8. The molecule has 4 rings (SSSR count). The van der Waals surface area contributed by atoms with Gasteiger partial charge in [-0.25, -0.2) is 4.39 Å². The van der Waals surface area contributed by atoms with Crippen molar-refractivity contribution in [3.05, 3.63) is 131 Å². The topological polar surface area (TPSA) is 86.7 Å². The number of halogens is 1. The van der Waals surface area contributed by atoms with Crippen molar-refractivity contribution in [2.24, 2.45) is 0 Å². The average Bonchev–Trinajstić information content (AvgIpc) is 2.95. The summed E-state index contributed by atoms with van der Waals surface area (Å²) in [5.74, 6) is -2.01. The standard InChI is InChI=1S/C32H29FN2O4/c1-22(24-15-17-25(33)18-16-24)34-31(38)28-13-7-5-11-26(28)27-12-6-8-14-29(27)32(39)35(20-19-30(36)37)21-23-9-3-2-4-10-23/h2-18,22H,19-21H2,1H3,(H,34,38)(H,36,37). The van der Waals surface area contributed by atoms with Gasteiger partial charge in [0, 0.05) is 24.2 Å². The Bertz CT molecular complexity index is 1450. The summed E-state index contributed by atoms with van der Waals surface area (Å²) in [5.41, 5.74) is 3.52. The number of carboxylic acids is 1. The van der Waals surface area contributed by atoms with Crippen LogP contribution in [0.15, 0.2) is 103 Å². The van der Waals surface area contributed by atoms with Gasteiger partial charge in [0.1, 0.15) is 5.82 Å². The SMILES string of the molecule is CC(NC(=O)c1ccccc1-c1ccccc1C(=O)N(CCC(=O)O)Cc1ccccc1)c1ccc(F)cc1. The van der Waals surface area contributed by atoms with Gasteiger partial charge in [-0.2, -0.15) is 0 Å². The molecule has 198 valence electrons. The van der Waals surface area contributed by atoms with Gasteiger partial charge in [-0.15, -0.1) is 0 Å². The van der Waals surface area contributed by atoms with Crippen LogP contribution in [0, 0.1) is 5.82 Å². The number of carbonyl (C=O) groups excluding carboxylic acids is 2. The number of carboxylic acid groups (broad SMARTS) is 1. The highest BCUT2D eigenvalue weighted by Crippen LogP contribution is 2.29. The Kier molecular flexibility index (Phi) is 8.84. The number of nitrogens with one attached hydrogen (secondary N) is 1. The first-order chi connectivity index (χ1) is 18.8. The number of rotatable bonds is 10. The summed E-state index contributed by atoms with van der Waals surface area (Å²) in [5, 5.41) is 12.2. The van der Waals surface area contributed by atoms with Gasteiger partial charge >= 0.3 is 5.97 Å². The molecular weight excluding hydrogens is 495 g/mol. The molecule has 0 radical (unpaired) electrons. The van der Waals surface area contributed by atoms with E-state index in [1.54, 1.807) is 60.7 Å². The van der Waals surface area contributed by atoms with Crippen molar-refractivity contribution in [3.8, 4) is 11.1 Å². The third-order valence-corrected chi connectivity index (χ3v) is 6.44. The molecule has 0 aliphatic rings. The van der Waals surface area contributed by atoms with Crippen molar-refractivity contribution < 1.29 is 23.9 Å². The fraction of sp³-hybridized carbons (Fsp3) is 0.156. The Hall–Kier alpha value is -4.78. The third kappa shape index (κ3) is 6.96. The molecule has 0 aromatic heterocycles. The van der Waals surface area contributed by atoms with E-state index < -0.39 is 5.97 Å². The first kappa shape index (κ1) is 27.3. The molecule has 0 aliphatic carbocycles. The number of amides is 2. The molecule has 0 heterocycles. The van der Waals surface area contributed by atoms with Gasteiger partial charge in [0.2, 0.25) is 0 Å². The number of benzene rings is 4. The predicted octanol–water partition coefficient (Wildman–Crippen LogP) is 6.10. The van der Waals surface area contributed by atoms with Gasteiger partial charge in [0.15, 0.2) is 0 Å². The molecule has 4 aromatic rings. The lowest BCUT2D eigenvalue weighted by molar-refractivity contribution is -0.137. The van der Waals surface area contributed by atoms with Crippen LogP contribution in [0.2, 0.25) is 0 Å². The molecule has 39 heavy (non-hydrogen) atoms. The summed E-state index contributed by atoms with van der Waals surface area (Å²) in [6.07, 6.45) is -0.193. The van der Waals surface area contributed by atoms with Crippen LogP contribution in [0.5, 0.6) is 0 Å². The van der Waals surface area contributed by atoms with Gasteiger partial charge in [-0.1, -0.05) is 78.9 Å². The van der Waals surface area contributed by atoms with E-state index in [1.165, 1.54) is 17.0 Å². The quantitative estimate of drug-likeness (QED) is 0.262. The molecule has 1 atom stereocenters. The zero-order chi connectivity index (χ0) is 27.8. The van der Waals surface area contributed by atoms with Crippen LogP contribution in [0.3, 0.4) is 0 Å². The molecule has 6 nitrogen and oxygen atoms in total. The maximum Gasteiger partial charge on any atom is 0.305 e. The third-order valence-electron chi connectivity index (χ3n) is 6.44. The molecule has 0 bridgehead atoms. The fourth-order valence-electron chi connectivity index (χ4n) is 4.39. The normalized spacial score (nSPS) is 11.4. The molecule has 7 heteroatoms. The fourth-order valence-corrected chi connectivity index (χ4v) is 4.39. The van der Waals surface area contributed by atoms with E-state index in [0.717, 1.165) is 11.1 Å². The number of aliphatic carboxylic acids is 1. The van der Waals surface area contributed by atoms with Crippen LogP contribution < -0.4 is 5.32 Å². The summed E-state index contributed by atoms with van der Waals surface area (Å²) < 4.78 is 13.3. The second-order valence-electron chi connectivity index (χ2n) is 9.19. The highest BCUT2D eigenvalue weighted by molar-refractivity contribution is 6.06. The summed E-state index contributed by atoms with van der Waals surface area (Å²) in [4.78, 5) is 40.1. The Labute approximate surface area is 226 Å². The minimum absolute atomic E-state index is 0.0364. The number of nitrogens with zero attached hydrogens (tertiary/aromatic N) is 1. The molecule has 2 N–H and O–H groups in total. The van der Waals surface area contributed by atoms with Gasteiger partial charge in [-0.05, 0) is 53.4 Å². The number of hydrogen-bond donors (Lipinski definition) is 2. The lowest BCUT2D eigenvalue weighted by Crippen LogP contribution is -2.33. The number of hydrogen-bond acceptors (Lipinski definition) is 3. The zero-order valence-electron chi connectivity index (χ0n) is 21.5. The van der Waals surface area contributed by atoms with Crippen molar-refractivity contribution in [3.63, 3.8) is 0 Å². The smallest absolute Gasteiger partial charge is 0.305 e. The van der Waals surface area contributed by atoms with Crippen molar-refractivity contribution in [1.82, 2.24) is 10.2 Å². The Balaban J connectivity index is 1.65. The lowest BCUT2D eigenvalue weighted by Gasteiger charge is -2.24. The minimum Gasteiger partial charge on any atom is -0.481 e. The second kappa shape index (κ2) is 12.6. The highest BCUT2D eigenvalue weighted by Gasteiger charge is 2.23. The van der Waals surface area contributed by atoms with Crippen LogP contribution in [-0.2, 0) is 11.3 Å². The molecule has 0 aliphatic heterocycles. The largest absolute Gasteiger partial charge is 0.481 e. The predicted molar refractivity (Wildman–Crippen MR) is 148 cm³/mol. The Morgan fingerprint density at radius 2 is 1.36 bits per heavy atom. The molecule has 1 unspecified atom stereocenters. The maximum atomic E-state index is 13.8. The van der Waals surface area contributed by atoms with Crippen molar-refractivity contribution >= 4 is 17.8 Å². The Morgan fingerprint density at radius 3 is 2.00 bits per heavy atom. The molecule has 2 amide bonds. The highest BCUT2D eigenvalue weighted by atomic mass is 19.1. The molecule has 0 saturated heterocycles. The van der Waals surface area contributed by atoms with Crippen LogP contribution >= 0.6 is 0 Å². The summed E-state index contributed by atoms with van der Waals surface area (Å²) in [6.45, 7) is 2.10. The van der Waals surface area contributed by atoms with Crippen LogP contribution in [0.1, 0.15) is 51.2 Å². The van der Waals surface area contributed by atoms with Gasteiger partial charge in [0.25, 0.3) is 11.8 Å². The van der Waals surface area contributed by atoms with Crippen molar-refractivity contribution in [2.75, 3.05) is 6.54 Å². The molecule has 4 aromatic carbocycles. The van der Waals surface area contributed by atoms with E-state index in [0.29, 0.717) is 22.3 Å². The summed E-state index contributed by atoms with van der Waals surface area (Å²) in [6, 6.07) is 29.0. The molecule has 0 saturated carbocycles. The van der Waals surface area contributed by atoms with E-state index >= 15 is 0 Å². The zero-order valence-corrected chi connectivity index (χ0v) is 21.5. The molecular formula is C32H29FN2O4. The number of carbonyl (C=O) groups is 3. The first-order valence-electron chi connectivity index (χ1n) is 12.6. The van der Waals surface area contributed by atoms with Crippen LogP contribution in [0.4, 0.5) is 4.39 Å². The summed E-state index contributed by atoms with van der Waals surface area (Å²) >= 11 is 0. The molecule has 0 fully saturated rings. The summed E-state index contributed by atoms with van der Waals surface area (Å²) in [7, 11) is 0. The van der Waals surface area contributed by atoms with Gasteiger partial charge in [0.05, 0.1) is 12.5 Å². The van der Waals surface area contributed by atoms with E-state index in [2.05, 4.69) is 5.32 Å². The van der Waals surface area contributed by atoms with Crippen molar-refractivity contribution in [1.29, 1.82) is 0 Å². The van der Waals surface area contributed by atoms with E-state index in [9.17, 15) is 23.9 Å². The van der Waals surface area contributed by atoms with Crippen molar-refractivity contribution in [2.45, 2.75) is 25.9 Å². The van der Waals surface area contributed by atoms with E-state index in [4.69, 9.17) is 0 Å². The monoisotopic (exact) mass is 524 g/mol. The van der Waals surface area contributed by atoms with Gasteiger partial charge < -0.3 is 15.3 Å². The van der Waals surface area contributed by atoms with Crippen LogP contribution in [0.25, 0.3) is 11.1 Å². The molecule has 0 spiro atoms. The Morgan fingerprint density at radius 1 is 0.795 bits per heavy atom. The van der Waals surface area contributed by atoms with Gasteiger partial charge in [-0.3, -0.25) is 14.4 Å². The van der Waals surface area contributed by atoms with E-state index in [-0.39, 0.29) is 43.2 Å². The van der Waals surface area contributed by atoms with E-state index in [1.807, 2.05) is 37.3 Å².